The molecule has 0 radical (unpaired) electrons. The highest BCUT2D eigenvalue weighted by Crippen LogP contribution is 2.18. The first-order valence-electron chi connectivity index (χ1n) is 5.20. The van der Waals surface area contributed by atoms with Gasteiger partial charge in [-0.1, -0.05) is 11.6 Å². The average Bonchev–Trinajstić information content (AvgIpc) is 2.80. The quantitative estimate of drug-likeness (QED) is 0.773. The molecule has 2 nitrogen and oxygen atoms in total. The van der Waals surface area contributed by atoms with E-state index in [-0.39, 0.29) is 5.78 Å². The maximum absolute atomic E-state index is 11.8. The van der Waals surface area contributed by atoms with Crippen LogP contribution in [0, 0.1) is 0 Å². The molecule has 2 rings (SSSR count). The van der Waals surface area contributed by atoms with Crippen LogP contribution in [0.25, 0.3) is 0 Å². The molecule has 0 amide bonds. The molecule has 0 saturated heterocycles. The summed E-state index contributed by atoms with van der Waals surface area (Å²) < 4.78 is 0. The molecule has 0 unspecified atom stereocenters. The van der Waals surface area contributed by atoms with Crippen molar-refractivity contribution in [1.82, 2.24) is 0 Å². The molecule has 1 aromatic rings. The Kier molecular flexibility index (Phi) is 4.02. The summed E-state index contributed by atoms with van der Waals surface area (Å²) in [5.74, 6) is 0.608. The summed E-state index contributed by atoms with van der Waals surface area (Å²) in [4.78, 5) is 16.1. The zero-order valence-corrected chi connectivity index (χ0v) is 10.4. The molecule has 0 bridgehead atoms. The maximum atomic E-state index is 11.8. The molecule has 1 aromatic carbocycles. The van der Waals surface area contributed by atoms with Crippen LogP contribution >= 0.6 is 23.4 Å². The van der Waals surface area contributed by atoms with Crippen molar-refractivity contribution in [3.63, 3.8) is 0 Å². The number of rotatable bonds is 3. The molecule has 0 atom stereocenters. The summed E-state index contributed by atoms with van der Waals surface area (Å²) >= 11 is 7.32. The molecule has 0 aromatic heterocycles. The number of ketones is 1. The van der Waals surface area contributed by atoms with Crippen LogP contribution in [0.2, 0.25) is 5.02 Å². The van der Waals surface area contributed by atoms with Crippen molar-refractivity contribution in [3.8, 4) is 0 Å². The Balaban J connectivity index is 1.90. The van der Waals surface area contributed by atoms with Gasteiger partial charge in [0.2, 0.25) is 0 Å². The van der Waals surface area contributed by atoms with Crippen molar-refractivity contribution in [3.05, 3.63) is 34.9 Å². The van der Waals surface area contributed by atoms with Crippen LogP contribution in [0.5, 0.6) is 0 Å². The molecule has 0 aliphatic carbocycles. The summed E-state index contributed by atoms with van der Waals surface area (Å²) in [5.41, 5.74) is 0.718. The molecular weight excluding hydrogens is 242 g/mol. The summed E-state index contributed by atoms with van der Waals surface area (Å²) in [6, 6.07) is 7.02. The van der Waals surface area contributed by atoms with Crippen LogP contribution in [0.15, 0.2) is 29.3 Å². The molecule has 1 heterocycles. The molecule has 0 fully saturated rings. The van der Waals surface area contributed by atoms with Crippen molar-refractivity contribution in [2.75, 3.05) is 12.3 Å². The monoisotopic (exact) mass is 253 g/mol. The Morgan fingerprint density at radius 1 is 1.38 bits per heavy atom. The zero-order chi connectivity index (χ0) is 11.4. The highest BCUT2D eigenvalue weighted by Gasteiger charge is 2.11. The summed E-state index contributed by atoms with van der Waals surface area (Å²) in [6.07, 6.45) is 2.15. The summed E-state index contributed by atoms with van der Waals surface area (Å²) in [7, 11) is 0. The van der Waals surface area contributed by atoms with E-state index >= 15 is 0 Å². The van der Waals surface area contributed by atoms with Gasteiger partial charge < -0.3 is 0 Å². The Hall–Kier alpha value is -0.800. The molecule has 84 valence electrons. The first-order valence-corrected chi connectivity index (χ1v) is 6.57. The standard InChI is InChI=1S/C12H12ClNOS/c13-10-5-3-9(4-6-10)11(15)8-16-12-2-1-7-14-12/h3-6H,1-2,7-8H2. The van der Waals surface area contributed by atoms with Gasteiger partial charge in [0.15, 0.2) is 5.78 Å². The largest absolute Gasteiger partial charge is 0.293 e. The van der Waals surface area contributed by atoms with E-state index < -0.39 is 0 Å². The van der Waals surface area contributed by atoms with Gasteiger partial charge in [-0.2, -0.15) is 0 Å². The van der Waals surface area contributed by atoms with E-state index in [0.29, 0.717) is 10.8 Å². The Morgan fingerprint density at radius 3 is 2.75 bits per heavy atom. The number of aliphatic imine (C=N–C) groups is 1. The van der Waals surface area contributed by atoms with Gasteiger partial charge in [0.1, 0.15) is 0 Å². The van der Waals surface area contributed by atoms with Gasteiger partial charge in [0.05, 0.1) is 10.8 Å². The second-order valence-electron chi connectivity index (χ2n) is 3.60. The Morgan fingerprint density at radius 2 is 2.12 bits per heavy atom. The van der Waals surface area contributed by atoms with Crippen LogP contribution in [0.3, 0.4) is 0 Å². The maximum Gasteiger partial charge on any atom is 0.173 e. The Labute approximate surface area is 104 Å². The van der Waals surface area contributed by atoms with Crippen LogP contribution in [-0.4, -0.2) is 23.1 Å². The topological polar surface area (TPSA) is 29.4 Å². The van der Waals surface area contributed by atoms with Gasteiger partial charge >= 0.3 is 0 Å². The minimum atomic E-state index is 0.135. The van der Waals surface area contributed by atoms with E-state index in [9.17, 15) is 4.79 Å². The van der Waals surface area contributed by atoms with Gasteiger partial charge in [0.25, 0.3) is 0 Å². The average molecular weight is 254 g/mol. The lowest BCUT2D eigenvalue weighted by atomic mass is 10.1. The number of halogens is 1. The first kappa shape index (κ1) is 11.7. The highest BCUT2D eigenvalue weighted by atomic mass is 35.5. The summed E-state index contributed by atoms with van der Waals surface area (Å²) in [6.45, 7) is 0.914. The highest BCUT2D eigenvalue weighted by molar-refractivity contribution is 8.14. The fraction of sp³-hybridized carbons (Fsp3) is 0.333. The second-order valence-corrected chi connectivity index (χ2v) is 5.08. The smallest absolute Gasteiger partial charge is 0.173 e. The molecule has 0 N–H and O–H groups in total. The third-order valence-corrected chi connectivity index (χ3v) is 3.70. The number of nitrogens with zero attached hydrogens (tertiary/aromatic N) is 1. The second kappa shape index (κ2) is 5.51. The van der Waals surface area contributed by atoms with E-state index in [1.807, 2.05) is 0 Å². The molecule has 0 spiro atoms. The predicted octanol–water partition coefficient (Wildman–Crippen LogP) is 3.45. The van der Waals surface area contributed by atoms with Gasteiger partial charge in [-0.25, -0.2) is 0 Å². The minimum absolute atomic E-state index is 0.135. The van der Waals surface area contributed by atoms with Crippen LogP contribution in [-0.2, 0) is 0 Å². The van der Waals surface area contributed by atoms with Crippen molar-refractivity contribution < 1.29 is 4.79 Å². The number of Topliss-reactive ketones (excluding diaryl/α,β-unsaturated/α-hetero) is 1. The lowest BCUT2D eigenvalue weighted by Gasteiger charge is -2.01. The number of hydrogen-bond donors (Lipinski definition) is 0. The van der Waals surface area contributed by atoms with Gasteiger partial charge in [0, 0.05) is 17.1 Å². The zero-order valence-electron chi connectivity index (χ0n) is 8.78. The van der Waals surface area contributed by atoms with Crippen LogP contribution in [0.4, 0.5) is 0 Å². The van der Waals surface area contributed by atoms with Crippen molar-refractivity contribution in [2.45, 2.75) is 12.8 Å². The molecule has 1 aliphatic rings. The predicted molar refractivity (Wildman–Crippen MR) is 69.8 cm³/mol. The normalized spacial score (nSPS) is 14.9. The molecular formula is C12H12ClNOS. The molecule has 4 heteroatoms. The van der Waals surface area contributed by atoms with E-state index in [2.05, 4.69) is 4.99 Å². The minimum Gasteiger partial charge on any atom is -0.293 e. The number of hydrogen-bond acceptors (Lipinski definition) is 3. The van der Waals surface area contributed by atoms with E-state index in [1.54, 1.807) is 36.0 Å². The fourth-order valence-electron chi connectivity index (χ4n) is 1.50. The molecule has 0 saturated carbocycles. The third kappa shape index (κ3) is 3.09. The van der Waals surface area contributed by atoms with Crippen molar-refractivity contribution in [2.24, 2.45) is 4.99 Å². The van der Waals surface area contributed by atoms with E-state index in [0.717, 1.165) is 30.0 Å². The van der Waals surface area contributed by atoms with Gasteiger partial charge in [-0.3, -0.25) is 9.79 Å². The van der Waals surface area contributed by atoms with Crippen molar-refractivity contribution in [1.29, 1.82) is 0 Å². The lowest BCUT2D eigenvalue weighted by Crippen LogP contribution is -2.04. The number of carbonyl (C=O) groups excluding carboxylic acids is 1. The number of thioether (sulfide) groups is 1. The van der Waals surface area contributed by atoms with Crippen LogP contribution < -0.4 is 0 Å². The van der Waals surface area contributed by atoms with Gasteiger partial charge in [-0.05, 0) is 37.1 Å². The van der Waals surface area contributed by atoms with Crippen LogP contribution in [0.1, 0.15) is 23.2 Å². The van der Waals surface area contributed by atoms with Gasteiger partial charge in [-0.15, -0.1) is 11.8 Å². The third-order valence-electron chi connectivity index (χ3n) is 2.37. The molecule has 1 aliphatic heterocycles. The molecule has 16 heavy (non-hydrogen) atoms. The number of carbonyl (C=O) groups is 1. The van der Waals surface area contributed by atoms with E-state index in [1.165, 1.54) is 0 Å². The fourth-order valence-corrected chi connectivity index (χ4v) is 2.56. The Bertz CT molecular complexity index is 414. The SMILES string of the molecule is O=C(CSC1=NCCC1)c1ccc(Cl)cc1. The first-order chi connectivity index (χ1) is 7.75. The lowest BCUT2D eigenvalue weighted by molar-refractivity contribution is 0.102. The van der Waals surface area contributed by atoms with E-state index in [4.69, 9.17) is 11.6 Å². The van der Waals surface area contributed by atoms with Crippen molar-refractivity contribution >= 4 is 34.2 Å². The number of benzene rings is 1. The summed E-state index contributed by atoms with van der Waals surface area (Å²) in [5, 5.41) is 1.77.